The Bertz CT molecular complexity index is 380. The largest absolute Gasteiger partial charge is 0.398 e. The van der Waals surface area contributed by atoms with Gasteiger partial charge in [-0.1, -0.05) is 0 Å². The van der Waals surface area contributed by atoms with E-state index in [2.05, 4.69) is 0 Å². The van der Waals surface area contributed by atoms with Crippen molar-refractivity contribution in [1.82, 2.24) is 4.57 Å². The molecule has 1 unspecified atom stereocenters. The van der Waals surface area contributed by atoms with Gasteiger partial charge in [0, 0.05) is 37.0 Å². The van der Waals surface area contributed by atoms with Crippen LogP contribution in [0.4, 0.5) is 5.69 Å². The number of nitrogens with zero attached hydrogens (tertiary/aromatic N) is 1. The Labute approximate surface area is 88.7 Å². The fraction of sp³-hybridized carbons (Fsp3) is 0.545. The number of rotatable bonds is 2. The monoisotopic (exact) mass is 208 g/mol. The van der Waals surface area contributed by atoms with Gasteiger partial charge in [0.25, 0.3) is 5.56 Å². The highest BCUT2D eigenvalue weighted by molar-refractivity contribution is 5.33. The number of anilines is 1. The van der Waals surface area contributed by atoms with Gasteiger partial charge in [-0.05, 0) is 18.9 Å². The maximum atomic E-state index is 11.5. The minimum Gasteiger partial charge on any atom is -0.398 e. The number of hydrogen-bond donors (Lipinski definition) is 1. The molecule has 1 aromatic heterocycles. The van der Waals surface area contributed by atoms with E-state index in [9.17, 15) is 4.79 Å². The quantitative estimate of drug-likeness (QED) is 0.784. The standard InChI is InChI=1S/C11H16N2O2/c12-10-3-4-11(14)13(7-10)6-9-2-1-5-15-8-9/h3-4,7,9H,1-2,5-6,8,12H2. The van der Waals surface area contributed by atoms with Crippen molar-refractivity contribution in [3.8, 4) is 0 Å². The third-order valence-electron chi connectivity index (χ3n) is 2.72. The molecule has 2 rings (SSSR count). The highest BCUT2D eigenvalue weighted by Crippen LogP contribution is 2.15. The molecule has 4 heteroatoms. The first-order valence-electron chi connectivity index (χ1n) is 5.29. The Hall–Kier alpha value is -1.29. The highest BCUT2D eigenvalue weighted by Gasteiger charge is 2.14. The second-order valence-corrected chi connectivity index (χ2v) is 4.04. The van der Waals surface area contributed by atoms with Crippen LogP contribution in [-0.2, 0) is 11.3 Å². The van der Waals surface area contributed by atoms with Gasteiger partial charge in [-0.2, -0.15) is 0 Å². The molecule has 15 heavy (non-hydrogen) atoms. The van der Waals surface area contributed by atoms with Crippen LogP contribution >= 0.6 is 0 Å². The second-order valence-electron chi connectivity index (χ2n) is 4.04. The summed E-state index contributed by atoms with van der Waals surface area (Å²) >= 11 is 0. The lowest BCUT2D eigenvalue weighted by atomic mass is 10.0. The fourth-order valence-corrected chi connectivity index (χ4v) is 1.92. The number of nitrogen functional groups attached to an aromatic ring is 1. The minimum absolute atomic E-state index is 0.00905. The van der Waals surface area contributed by atoms with Gasteiger partial charge >= 0.3 is 0 Å². The number of pyridine rings is 1. The molecule has 1 atom stereocenters. The van der Waals surface area contributed by atoms with Crippen LogP contribution in [0.25, 0.3) is 0 Å². The summed E-state index contributed by atoms with van der Waals surface area (Å²) < 4.78 is 7.05. The van der Waals surface area contributed by atoms with Gasteiger partial charge in [0.05, 0.1) is 6.61 Å². The average Bonchev–Trinajstić information content (AvgIpc) is 2.25. The molecule has 0 aromatic carbocycles. The summed E-state index contributed by atoms with van der Waals surface area (Å²) in [6, 6.07) is 3.15. The minimum atomic E-state index is 0.00905. The molecule has 0 radical (unpaired) electrons. The first kappa shape index (κ1) is 10.2. The van der Waals surface area contributed by atoms with E-state index >= 15 is 0 Å². The van der Waals surface area contributed by atoms with Gasteiger partial charge < -0.3 is 15.0 Å². The molecule has 0 amide bonds. The maximum Gasteiger partial charge on any atom is 0.250 e. The zero-order valence-corrected chi connectivity index (χ0v) is 8.69. The lowest BCUT2D eigenvalue weighted by Gasteiger charge is -2.22. The van der Waals surface area contributed by atoms with Crippen molar-refractivity contribution < 1.29 is 4.74 Å². The lowest BCUT2D eigenvalue weighted by Crippen LogP contribution is -2.28. The van der Waals surface area contributed by atoms with Crippen molar-refractivity contribution in [1.29, 1.82) is 0 Å². The maximum absolute atomic E-state index is 11.5. The molecule has 0 saturated carbocycles. The van der Waals surface area contributed by atoms with Gasteiger partial charge in [-0.3, -0.25) is 4.79 Å². The van der Waals surface area contributed by atoms with Crippen LogP contribution in [0, 0.1) is 5.92 Å². The Morgan fingerprint density at radius 1 is 1.53 bits per heavy atom. The van der Waals surface area contributed by atoms with Crippen LogP contribution in [0.1, 0.15) is 12.8 Å². The van der Waals surface area contributed by atoms with Gasteiger partial charge in [0.2, 0.25) is 0 Å². The summed E-state index contributed by atoms with van der Waals surface area (Å²) in [7, 11) is 0. The van der Waals surface area contributed by atoms with Gasteiger partial charge in [0.1, 0.15) is 0 Å². The van der Waals surface area contributed by atoms with Crippen molar-refractivity contribution in [3.63, 3.8) is 0 Å². The molecule has 4 nitrogen and oxygen atoms in total. The summed E-state index contributed by atoms with van der Waals surface area (Å²) in [5, 5.41) is 0. The van der Waals surface area contributed by atoms with Crippen LogP contribution < -0.4 is 11.3 Å². The summed E-state index contributed by atoms with van der Waals surface area (Å²) in [4.78, 5) is 11.5. The Morgan fingerprint density at radius 2 is 2.40 bits per heavy atom. The third-order valence-corrected chi connectivity index (χ3v) is 2.72. The van der Waals surface area contributed by atoms with Crippen molar-refractivity contribution in [3.05, 3.63) is 28.7 Å². The van der Waals surface area contributed by atoms with Crippen molar-refractivity contribution in [2.75, 3.05) is 18.9 Å². The molecule has 0 bridgehead atoms. The Balaban J connectivity index is 2.09. The molecular formula is C11H16N2O2. The first-order valence-corrected chi connectivity index (χ1v) is 5.29. The van der Waals surface area contributed by atoms with E-state index in [1.54, 1.807) is 16.8 Å². The molecule has 1 fully saturated rings. The SMILES string of the molecule is Nc1ccc(=O)n(CC2CCCOC2)c1. The van der Waals surface area contributed by atoms with Crippen LogP contribution in [0.2, 0.25) is 0 Å². The number of hydrogen-bond acceptors (Lipinski definition) is 3. The molecule has 0 spiro atoms. The van der Waals surface area contributed by atoms with E-state index in [0.717, 1.165) is 26.1 Å². The van der Waals surface area contributed by atoms with Crippen LogP contribution in [0.15, 0.2) is 23.1 Å². The molecule has 1 aromatic rings. The number of nitrogens with two attached hydrogens (primary N) is 1. The molecule has 2 N–H and O–H groups in total. The van der Waals surface area contributed by atoms with E-state index in [-0.39, 0.29) is 5.56 Å². The molecule has 1 saturated heterocycles. The number of ether oxygens (including phenoxy) is 1. The van der Waals surface area contributed by atoms with E-state index in [0.29, 0.717) is 18.2 Å². The summed E-state index contributed by atoms with van der Waals surface area (Å²) in [6.07, 6.45) is 3.92. The molecule has 82 valence electrons. The predicted molar refractivity (Wildman–Crippen MR) is 58.7 cm³/mol. The van der Waals surface area contributed by atoms with Gasteiger partial charge in [-0.25, -0.2) is 0 Å². The van der Waals surface area contributed by atoms with Gasteiger partial charge in [0.15, 0.2) is 0 Å². The van der Waals surface area contributed by atoms with Crippen LogP contribution in [0.3, 0.4) is 0 Å². The van der Waals surface area contributed by atoms with E-state index in [1.165, 1.54) is 6.07 Å². The zero-order chi connectivity index (χ0) is 10.7. The summed E-state index contributed by atoms with van der Waals surface area (Å²) in [5.41, 5.74) is 6.28. The molecule has 1 aliphatic heterocycles. The van der Waals surface area contributed by atoms with E-state index in [4.69, 9.17) is 10.5 Å². The van der Waals surface area contributed by atoms with Crippen LogP contribution in [0.5, 0.6) is 0 Å². The fourth-order valence-electron chi connectivity index (χ4n) is 1.92. The predicted octanol–water partition coefficient (Wildman–Crippen LogP) is 0.857. The van der Waals surface area contributed by atoms with Gasteiger partial charge in [-0.15, -0.1) is 0 Å². The molecular weight excluding hydrogens is 192 g/mol. The second kappa shape index (κ2) is 4.49. The smallest absolute Gasteiger partial charge is 0.250 e. The Morgan fingerprint density at radius 3 is 3.13 bits per heavy atom. The summed E-state index contributed by atoms with van der Waals surface area (Å²) in [5.74, 6) is 0.443. The van der Waals surface area contributed by atoms with E-state index < -0.39 is 0 Å². The third kappa shape index (κ3) is 2.59. The van der Waals surface area contributed by atoms with Crippen molar-refractivity contribution >= 4 is 5.69 Å². The zero-order valence-electron chi connectivity index (χ0n) is 8.69. The lowest BCUT2D eigenvalue weighted by molar-refractivity contribution is 0.0480. The van der Waals surface area contributed by atoms with E-state index in [1.807, 2.05) is 0 Å². The summed E-state index contributed by atoms with van der Waals surface area (Å²) in [6.45, 7) is 2.31. The van der Waals surface area contributed by atoms with Crippen molar-refractivity contribution in [2.24, 2.45) is 5.92 Å². The molecule has 0 aliphatic carbocycles. The number of aromatic nitrogens is 1. The molecule has 2 heterocycles. The van der Waals surface area contributed by atoms with Crippen LogP contribution in [-0.4, -0.2) is 17.8 Å². The molecule has 1 aliphatic rings. The average molecular weight is 208 g/mol. The first-order chi connectivity index (χ1) is 7.25. The van der Waals surface area contributed by atoms with Crippen molar-refractivity contribution in [2.45, 2.75) is 19.4 Å². The topological polar surface area (TPSA) is 57.2 Å². The Kier molecular flexibility index (Phi) is 3.06. The highest BCUT2D eigenvalue weighted by atomic mass is 16.5. The normalized spacial score (nSPS) is 21.5.